The zero-order chi connectivity index (χ0) is 84.1. The van der Waals surface area contributed by atoms with Crippen LogP contribution in [-0.2, 0) is 62.2 Å². The average molecular weight is 1670 g/mol. The number of aliphatic hydroxyl groups excluding tert-OH is 1. The molecule has 0 aromatic carbocycles. The van der Waals surface area contributed by atoms with E-state index in [0.29, 0.717) is 98.7 Å². The van der Waals surface area contributed by atoms with Gasteiger partial charge in [0.25, 0.3) is 0 Å². The number of nitriles is 1. The summed E-state index contributed by atoms with van der Waals surface area (Å²) >= 11 is 0. The molecule has 40 heteroatoms. The summed E-state index contributed by atoms with van der Waals surface area (Å²) in [5, 5.41) is 50.9. The highest BCUT2D eigenvalue weighted by Gasteiger charge is 2.50. The number of fused-ring (bicyclic) bond motifs is 8. The van der Waals surface area contributed by atoms with Crippen LogP contribution in [0.15, 0.2) is 123 Å². The molecule has 9 aliphatic heterocycles. The van der Waals surface area contributed by atoms with E-state index in [-0.39, 0.29) is 67.0 Å². The molecule has 8 aromatic heterocycles. The van der Waals surface area contributed by atoms with E-state index >= 15 is 0 Å². The van der Waals surface area contributed by atoms with Crippen molar-refractivity contribution in [3.63, 3.8) is 0 Å². The van der Waals surface area contributed by atoms with E-state index in [1.165, 1.54) is 16.0 Å². The summed E-state index contributed by atoms with van der Waals surface area (Å²) in [6, 6.07) is 10.1. The van der Waals surface area contributed by atoms with Gasteiger partial charge in [-0.15, -0.1) is 0 Å². The van der Waals surface area contributed by atoms with Crippen molar-refractivity contribution in [3.05, 3.63) is 146 Å². The van der Waals surface area contributed by atoms with Crippen molar-refractivity contribution in [2.24, 2.45) is 40.0 Å². The topological polar surface area (TPSA) is 426 Å². The number of rotatable bonds is 20. The van der Waals surface area contributed by atoms with Gasteiger partial charge in [-0.1, -0.05) is 31.2 Å². The lowest BCUT2D eigenvalue weighted by Crippen LogP contribution is -2.64. The SMILES string of the molecule is CCCS(=O)(=O)N1CC(N2C3C=C(c4ccnc(Nc5cnn(C)c5)n4)CC2CC3)C1.Cn1cc(Nc2nccc(C3=CC4CCC(C3)N4C(=O)C(=O)NCC#N)n2)cn1.Cn1cc(Nc2nccc(C3=CC4CCC(C3)N4C(=O)C(=O)NCC(F)(F)F)n2)cn1.Cn1cc(Nc2nccc(C3=CC4CCC(C3)N4C(=O)C3CC(CO)C3)n2)cn1. The smallest absolute Gasteiger partial charge is 0.396 e. The zero-order valence-corrected chi connectivity index (χ0v) is 67.7. The van der Waals surface area contributed by atoms with Gasteiger partial charge in [0.05, 0.1) is 100 Å². The maximum Gasteiger partial charge on any atom is 0.405 e. The van der Waals surface area contributed by atoms with Crippen molar-refractivity contribution in [1.82, 2.24) is 114 Å². The van der Waals surface area contributed by atoms with Crippen molar-refractivity contribution in [1.29, 1.82) is 5.26 Å². The van der Waals surface area contributed by atoms with Gasteiger partial charge >= 0.3 is 29.8 Å². The van der Waals surface area contributed by atoms with E-state index in [4.69, 9.17) is 15.2 Å². The summed E-state index contributed by atoms with van der Waals surface area (Å²) in [4.78, 5) is 105. The maximum atomic E-state index is 13.0. The summed E-state index contributed by atoms with van der Waals surface area (Å²) in [6.45, 7) is 1.66. The molecule has 10 aliphatic rings. The molecular weight excluding hydrogens is 1570 g/mol. The quantitative estimate of drug-likeness (QED) is 0.0310. The standard InChI is InChI=1S/C21H29N7O2S.C21H26N6O2.C19H20F3N7O2.C19H20N8O2/c1-3-8-31(29,30)27-13-19(14-27)28-17-4-5-18(28)10-15(9-17)20-6-7-22-21(25-20)24-16-11-23-26(2)12-16;1-26-11-16(10-23-26)24-21-22-5-4-19(25-21)14-8-17-2-3-18(9-14)27(17)20(29)15-6-13(7-15)12-28;1-28-9-12(8-25-28)26-18-23-5-4-15(27-18)11-6-13-2-3-14(7-11)29(13)17(31)16(30)24-10-19(20,21)22;1-26-11-13(10-23-26)24-19-22-6-4-16(25-19)12-8-14-2-3-15(9-12)27(14)18(29)17(28)21-7-5-20/h6-7,9,11-12,17-19H,3-5,8,10,13-14H2,1-2H3,(H,22,24,25);4-5,8,10-11,13,15,17-18,28H,2-3,6-7,9,12H2,1H3,(H,22,24,25);4-6,8-9,13-14H,2-3,7,10H2,1H3,(H,24,30)(H,23,26,27);4,6,8,10-11,14-15H,2-3,7,9H2,1H3,(H,21,28)(H,22,24,25). The number of anilines is 8. The van der Waals surface area contributed by atoms with Crippen LogP contribution in [0.1, 0.15) is 126 Å². The molecule has 1 aliphatic carbocycles. The number of carbonyl (C=O) groups is 5. The van der Waals surface area contributed by atoms with Crippen LogP contribution in [0, 0.1) is 23.2 Å². The average Bonchev–Trinajstić information content (AvgIpc) is 1.74. The molecule has 6 fully saturated rings. The lowest BCUT2D eigenvalue weighted by Gasteiger charge is -2.48. The van der Waals surface area contributed by atoms with Crippen LogP contribution in [0.3, 0.4) is 0 Å². The second-order valence-corrected chi connectivity index (χ2v) is 33.8. The van der Waals surface area contributed by atoms with Gasteiger partial charge in [-0.25, -0.2) is 48.3 Å². The van der Waals surface area contributed by atoms with Crippen LogP contribution in [0.4, 0.5) is 59.7 Å². The molecule has 18 rings (SSSR count). The number of nitrogens with zero attached hydrogens (tertiary/aromatic N) is 22. The van der Waals surface area contributed by atoms with Crippen molar-refractivity contribution in [2.75, 3.05) is 59.8 Å². The van der Waals surface area contributed by atoms with Crippen LogP contribution in [0.25, 0.3) is 22.3 Å². The molecule has 120 heavy (non-hydrogen) atoms. The first-order chi connectivity index (χ1) is 57.8. The first-order valence-corrected chi connectivity index (χ1v) is 41.9. The van der Waals surface area contributed by atoms with Gasteiger partial charge < -0.3 is 51.7 Å². The van der Waals surface area contributed by atoms with E-state index in [2.05, 4.69) is 98.8 Å². The van der Waals surface area contributed by atoms with Gasteiger partial charge in [0.15, 0.2) is 0 Å². The predicted octanol–water partition coefficient (Wildman–Crippen LogP) is 6.64. The highest BCUT2D eigenvalue weighted by Crippen LogP contribution is 2.46. The third kappa shape index (κ3) is 19.2. The molecule has 7 N–H and O–H groups in total. The Labute approximate surface area is 690 Å². The first kappa shape index (κ1) is 82.9. The molecule has 8 aromatic rings. The van der Waals surface area contributed by atoms with E-state index in [9.17, 15) is 50.7 Å². The summed E-state index contributed by atoms with van der Waals surface area (Å²) < 4.78 is 70.0. The summed E-state index contributed by atoms with van der Waals surface area (Å²) in [6.07, 6.45) is 37.4. The highest BCUT2D eigenvalue weighted by molar-refractivity contribution is 7.89. The fourth-order valence-electron chi connectivity index (χ4n) is 17.7. The molecule has 0 radical (unpaired) electrons. The predicted molar refractivity (Wildman–Crippen MR) is 435 cm³/mol. The van der Waals surface area contributed by atoms with E-state index in [1.54, 1.807) is 108 Å². The minimum absolute atomic E-state index is 0.0509. The summed E-state index contributed by atoms with van der Waals surface area (Å²) in [7, 11) is 4.28. The molecule has 5 saturated heterocycles. The molecule has 0 spiro atoms. The number of alkyl halides is 3. The molecule has 8 unspecified atom stereocenters. The van der Waals surface area contributed by atoms with Gasteiger partial charge in [-0.05, 0) is 149 Å². The van der Waals surface area contributed by atoms with E-state index in [1.807, 2.05) is 77.0 Å². The van der Waals surface area contributed by atoms with Gasteiger partial charge in [-0.3, -0.25) is 47.6 Å². The monoisotopic (exact) mass is 1660 g/mol. The Hall–Kier alpha value is -12.2. The van der Waals surface area contributed by atoms with E-state index < -0.39 is 46.4 Å². The molecule has 36 nitrogen and oxygen atoms in total. The second kappa shape index (κ2) is 35.8. The van der Waals surface area contributed by atoms with Gasteiger partial charge in [0.2, 0.25) is 39.7 Å². The summed E-state index contributed by atoms with van der Waals surface area (Å²) in [5.74, 6) is -0.576. The van der Waals surface area contributed by atoms with Crippen LogP contribution >= 0.6 is 0 Å². The fourth-order valence-corrected chi connectivity index (χ4v) is 19.3. The zero-order valence-electron chi connectivity index (χ0n) is 66.9. The number of amides is 5. The molecule has 17 heterocycles. The number of nitrogens with one attached hydrogen (secondary N) is 6. The molecule has 630 valence electrons. The lowest BCUT2D eigenvalue weighted by molar-refractivity contribution is -0.152. The number of aromatic nitrogens is 16. The van der Waals surface area contributed by atoms with Gasteiger partial charge in [-0.2, -0.15) is 43.1 Å². The number of sulfonamides is 1. The van der Waals surface area contributed by atoms with Gasteiger partial charge in [0, 0.05) is 140 Å². The molecule has 5 amide bonds. The largest absolute Gasteiger partial charge is 0.405 e. The van der Waals surface area contributed by atoms with Gasteiger partial charge in [0.1, 0.15) is 13.1 Å². The van der Waals surface area contributed by atoms with Crippen LogP contribution in [0.5, 0.6) is 0 Å². The fraction of sp³-hybridized carbons (Fsp3) is 0.475. The van der Waals surface area contributed by atoms with Crippen molar-refractivity contribution in [2.45, 2.75) is 164 Å². The Morgan fingerprint density at radius 3 is 1.21 bits per heavy atom. The third-order valence-electron chi connectivity index (χ3n) is 23.3. The molecule has 8 bridgehead atoms. The number of aryl methyl sites for hydroxylation is 4. The Balaban J connectivity index is 0.000000125. The minimum atomic E-state index is -4.57. The molecule has 1 saturated carbocycles. The van der Waals surface area contributed by atoms with Crippen LogP contribution in [-0.4, -0.2) is 245 Å². The number of halogens is 3. The number of hydrogen-bond acceptors (Lipinski definition) is 26. The van der Waals surface area contributed by atoms with Crippen molar-refractivity contribution < 1.29 is 50.7 Å². The Morgan fingerprint density at radius 1 is 0.508 bits per heavy atom. The normalized spacial score (nSPS) is 23.3. The van der Waals surface area contributed by atoms with Crippen molar-refractivity contribution in [3.8, 4) is 6.07 Å². The summed E-state index contributed by atoms with van der Waals surface area (Å²) in [5.41, 5.74) is 11.0. The van der Waals surface area contributed by atoms with Crippen LogP contribution < -0.4 is 31.9 Å². The minimum Gasteiger partial charge on any atom is -0.396 e. The Morgan fingerprint density at radius 2 is 0.867 bits per heavy atom. The number of carbonyl (C=O) groups excluding carboxylic acids is 5. The van der Waals surface area contributed by atoms with Crippen molar-refractivity contribution >= 4 is 108 Å². The third-order valence-corrected chi connectivity index (χ3v) is 25.3. The maximum absolute atomic E-state index is 13.0. The molecule has 8 atom stereocenters. The number of aliphatic hydroxyl groups is 1. The van der Waals surface area contributed by atoms with E-state index in [0.717, 1.165) is 115 Å². The highest BCUT2D eigenvalue weighted by atomic mass is 32.2. The first-order valence-electron chi connectivity index (χ1n) is 40.3. The second-order valence-electron chi connectivity index (χ2n) is 31.7. The van der Waals surface area contributed by atoms with Crippen LogP contribution in [0.2, 0.25) is 0 Å². The Bertz CT molecular complexity index is 5410. The lowest BCUT2D eigenvalue weighted by atomic mass is 9.74. The number of hydrogen-bond donors (Lipinski definition) is 7. The Kier molecular flexibility index (Phi) is 24.7. The molecular formula is C80H95F3N28O8S.